The summed E-state index contributed by atoms with van der Waals surface area (Å²) in [5, 5.41) is 14.3. The molecule has 2 rings (SSSR count). The van der Waals surface area contributed by atoms with Crippen molar-refractivity contribution in [2.45, 2.75) is 18.2 Å². The van der Waals surface area contributed by atoms with Crippen molar-refractivity contribution in [3.05, 3.63) is 41.8 Å². The maximum atomic E-state index is 13.4. The van der Waals surface area contributed by atoms with Crippen LogP contribution in [0.4, 0.5) is 4.39 Å². The third kappa shape index (κ3) is 3.57. The van der Waals surface area contributed by atoms with Crippen LogP contribution >= 0.6 is 0 Å². The fraction of sp³-hybridized carbons (Fsp3) is 0.333. The van der Waals surface area contributed by atoms with Gasteiger partial charge in [-0.05, 0) is 0 Å². The van der Waals surface area contributed by atoms with Gasteiger partial charge < -0.3 is 0 Å². The van der Waals surface area contributed by atoms with Crippen LogP contribution in [0.2, 0.25) is 5.21 Å². The molecular formula is C15H16AsFN2O3. The zero-order chi connectivity index (χ0) is 16.1. The van der Waals surface area contributed by atoms with E-state index in [4.69, 9.17) is 4.74 Å². The van der Waals surface area contributed by atoms with E-state index in [1.165, 1.54) is 16.8 Å². The van der Waals surface area contributed by atoms with Gasteiger partial charge in [0.2, 0.25) is 0 Å². The molecule has 2 aromatic rings. The molecule has 0 aliphatic heterocycles. The fourth-order valence-corrected chi connectivity index (χ4v) is 2.60. The number of nitrogens with zero attached hydrogens (tertiary/aromatic N) is 2. The molecule has 1 atom stereocenters. The monoisotopic (exact) mass is 366 g/mol. The first-order valence-electron chi connectivity index (χ1n) is 6.85. The van der Waals surface area contributed by atoms with E-state index in [0.717, 1.165) is 0 Å². The molecule has 0 aliphatic rings. The molecule has 1 aromatic heterocycles. The Balaban J connectivity index is 2.49. The second kappa shape index (κ2) is 7.56. The Morgan fingerprint density at radius 2 is 2.27 bits per heavy atom. The van der Waals surface area contributed by atoms with Gasteiger partial charge in [0.05, 0.1) is 0 Å². The molecule has 0 bridgehead atoms. The van der Waals surface area contributed by atoms with Gasteiger partial charge in [-0.25, -0.2) is 0 Å². The summed E-state index contributed by atoms with van der Waals surface area (Å²) < 4.78 is 19.8. The van der Waals surface area contributed by atoms with E-state index in [1.54, 1.807) is 25.1 Å². The van der Waals surface area contributed by atoms with Crippen molar-refractivity contribution >= 4 is 22.8 Å². The number of aliphatic hydroxyl groups is 1. The molecule has 0 spiro atoms. The summed E-state index contributed by atoms with van der Waals surface area (Å²) in [7, 11) is 0. The summed E-state index contributed by atoms with van der Waals surface area (Å²) in [4.78, 5) is 12.1. The van der Waals surface area contributed by atoms with Gasteiger partial charge in [0.1, 0.15) is 0 Å². The second-order valence-electron chi connectivity index (χ2n) is 4.61. The van der Waals surface area contributed by atoms with E-state index in [2.05, 4.69) is 22.0 Å². The van der Waals surface area contributed by atoms with Crippen LogP contribution in [-0.4, -0.2) is 50.9 Å². The Labute approximate surface area is 136 Å². The SMILES string of the molecule is CCOC(=O)c1cc(-c2cccc(F)c2)nn1C(CO)C[As]. The summed E-state index contributed by atoms with van der Waals surface area (Å²) in [6, 6.07) is 7.17. The molecule has 0 aliphatic carbocycles. The van der Waals surface area contributed by atoms with Crippen LogP contribution in [0.25, 0.3) is 11.3 Å². The fourth-order valence-electron chi connectivity index (χ4n) is 2.03. The van der Waals surface area contributed by atoms with Crippen LogP contribution in [0.15, 0.2) is 30.3 Å². The number of hydrogen-bond donors (Lipinski definition) is 1. The summed E-state index contributed by atoms with van der Waals surface area (Å²) in [5.74, 6) is -0.896. The number of ether oxygens (including phenoxy) is 1. The number of aromatic nitrogens is 2. The molecule has 2 radical (unpaired) electrons. The van der Waals surface area contributed by atoms with Crippen molar-refractivity contribution in [2.24, 2.45) is 0 Å². The molecule has 1 aromatic carbocycles. The molecule has 0 saturated carbocycles. The predicted molar refractivity (Wildman–Crippen MR) is 80.3 cm³/mol. The van der Waals surface area contributed by atoms with E-state index in [9.17, 15) is 14.3 Å². The first-order valence-corrected chi connectivity index (χ1v) is 8.17. The van der Waals surface area contributed by atoms with E-state index >= 15 is 0 Å². The van der Waals surface area contributed by atoms with Crippen LogP contribution in [0.3, 0.4) is 0 Å². The minimum absolute atomic E-state index is 0.161. The molecule has 22 heavy (non-hydrogen) atoms. The third-order valence-corrected chi connectivity index (χ3v) is 3.99. The number of benzene rings is 1. The van der Waals surface area contributed by atoms with E-state index in [0.29, 0.717) is 16.5 Å². The Morgan fingerprint density at radius 1 is 1.50 bits per heavy atom. The van der Waals surface area contributed by atoms with Crippen molar-refractivity contribution in [1.82, 2.24) is 9.78 Å². The van der Waals surface area contributed by atoms with Crippen molar-refractivity contribution in [2.75, 3.05) is 13.2 Å². The standard InChI is InChI=1S/C15H16AsFN2O3/c1-2-22-15(21)14-7-13(10-4-3-5-11(17)6-10)18-19(14)12(8-16)9-20/h3-7,12,20H,2,8-9H2,1H3. The van der Waals surface area contributed by atoms with Crippen molar-refractivity contribution < 1.29 is 19.0 Å². The summed E-state index contributed by atoms with van der Waals surface area (Å²) >= 11 is 2.35. The predicted octanol–water partition coefficient (Wildman–Crippen LogP) is 1.99. The number of esters is 1. The minimum atomic E-state index is -0.517. The van der Waals surface area contributed by atoms with Crippen LogP contribution in [0, 0.1) is 5.82 Å². The molecular weight excluding hydrogens is 350 g/mol. The summed E-state index contributed by atoms with van der Waals surface area (Å²) in [5.41, 5.74) is 1.26. The Morgan fingerprint density at radius 3 is 2.86 bits per heavy atom. The molecule has 5 nitrogen and oxygen atoms in total. The van der Waals surface area contributed by atoms with Crippen LogP contribution < -0.4 is 0 Å². The average Bonchev–Trinajstić information content (AvgIpc) is 2.94. The van der Waals surface area contributed by atoms with Gasteiger partial charge in [0.25, 0.3) is 0 Å². The topological polar surface area (TPSA) is 64.3 Å². The normalized spacial score (nSPS) is 12.2. The molecule has 116 valence electrons. The first kappa shape index (κ1) is 16.7. The average molecular weight is 366 g/mol. The molecule has 1 unspecified atom stereocenters. The van der Waals surface area contributed by atoms with Crippen molar-refractivity contribution in [3.8, 4) is 11.3 Å². The Bertz CT molecular complexity index is 656. The van der Waals surface area contributed by atoms with Gasteiger partial charge in [-0.2, -0.15) is 0 Å². The van der Waals surface area contributed by atoms with E-state index < -0.39 is 5.97 Å². The van der Waals surface area contributed by atoms with E-state index in [1.807, 2.05) is 0 Å². The number of halogens is 1. The molecule has 0 saturated heterocycles. The van der Waals surface area contributed by atoms with Crippen molar-refractivity contribution in [1.29, 1.82) is 0 Å². The number of aliphatic hydroxyl groups excluding tert-OH is 1. The van der Waals surface area contributed by atoms with Crippen LogP contribution in [0.1, 0.15) is 23.5 Å². The number of hydrogen-bond acceptors (Lipinski definition) is 4. The maximum absolute atomic E-state index is 13.4. The number of carbonyl (C=O) groups is 1. The van der Waals surface area contributed by atoms with Crippen LogP contribution in [0.5, 0.6) is 0 Å². The second-order valence-corrected chi connectivity index (χ2v) is 5.38. The van der Waals surface area contributed by atoms with Crippen LogP contribution in [-0.2, 0) is 4.74 Å². The number of rotatable bonds is 6. The number of carbonyl (C=O) groups excluding carboxylic acids is 1. The Hall–Kier alpha value is -1.65. The summed E-state index contributed by atoms with van der Waals surface area (Å²) in [6.07, 6.45) is 0. The first-order chi connectivity index (χ1) is 10.6. The van der Waals surface area contributed by atoms with Gasteiger partial charge in [-0.3, -0.25) is 0 Å². The van der Waals surface area contributed by atoms with Crippen molar-refractivity contribution in [3.63, 3.8) is 0 Å². The summed E-state index contributed by atoms with van der Waals surface area (Å²) in [6.45, 7) is 1.79. The molecule has 1 heterocycles. The van der Waals surface area contributed by atoms with Gasteiger partial charge in [0.15, 0.2) is 0 Å². The quantitative estimate of drug-likeness (QED) is 0.627. The molecule has 0 amide bonds. The third-order valence-electron chi connectivity index (χ3n) is 3.11. The zero-order valence-corrected chi connectivity index (χ0v) is 13.9. The molecule has 0 fully saturated rings. The van der Waals surface area contributed by atoms with E-state index in [-0.39, 0.29) is 30.8 Å². The molecule has 7 heteroatoms. The molecule has 1 N–H and O–H groups in total. The van der Waals surface area contributed by atoms with Gasteiger partial charge in [0, 0.05) is 0 Å². The Kier molecular flexibility index (Phi) is 5.75. The van der Waals surface area contributed by atoms with Gasteiger partial charge in [-0.15, -0.1) is 0 Å². The van der Waals surface area contributed by atoms with Gasteiger partial charge >= 0.3 is 136 Å². The zero-order valence-electron chi connectivity index (χ0n) is 12.1. The van der Waals surface area contributed by atoms with Gasteiger partial charge in [-0.1, -0.05) is 0 Å².